The Kier molecular flexibility index (Phi) is 3.27. The smallest absolute Gasteiger partial charge is 0.0841 e. The SMILES string of the molecule is C[C@@H](c1ccccc1)[C@](C)(C#N)CO. The van der Waals surface area contributed by atoms with Crippen molar-refractivity contribution in [1.82, 2.24) is 0 Å². The minimum absolute atomic E-state index is 0.0405. The molecule has 1 aromatic rings. The fourth-order valence-electron chi connectivity index (χ4n) is 1.38. The lowest BCUT2D eigenvalue weighted by Gasteiger charge is -2.26. The normalized spacial score (nSPS) is 16.7. The van der Waals surface area contributed by atoms with E-state index in [9.17, 15) is 5.11 Å². The van der Waals surface area contributed by atoms with Gasteiger partial charge in [-0.15, -0.1) is 0 Å². The molecule has 0 unspecified atom stereocenters. The Balaban J connectivity index is 2.96. The molecular formula is C12H15NO. The molecule has 0 aliphatic carbocycles. The number of nitriles is 1. The molecule has 0 saturated carbocycles. The van der Waals surface area contributed by atoms with Crippen molar-refractivity contribution in [2.24, 2.45) is 5.41 Å². The average Bonchev–Trinajstić information content (AvgIpc) is 2.28. The van der Waals surface area contributed by atoms with Crippen LogP contribution < -0.4 is 0 Å². The summed E-state index contributed by atoms with van der Waals surface area (Å²) in [5.74, 6) is 0.0405. The Morgan fingerprint density at radius 2 is 2.00 bits per heavy atom. The van der Waals surface area contributed by atoms with Crippen molar-refractivity contribution >= 4 is 0 Å². The topological polar surface area (TPSA) is 44.0 Å². The molecule has 0 fully saturated rings. The first kappa shape index (κ1) is 10.7. The summed E-state index contributed by atoms with van der Waals surface area (Å²) in [5.41, 5.74) is 0.395. The van der Waals surface area contributed by atoms with Crippen molar-refractivity contribution in [1.29, 1.82) is 5.26 Å². The van der Waals surface area contributed by atoms with Gasteiger partial charge in [-0.25, -0.2) is 0 Å². The molecule has 2 atom stereocenters. The lowest BCUT2D eigenvalue weighted by atomic mass is 9.76. The standard InChI is InChI=1S/C12H15NO/c1-10(12(2,8-13)9-14)11-6-4-3-5-7-11/h3-7,10,14H,9H2,1-2H3/t10-,12+/m0/s1. The highest BCUT2D eigenvalue weighted by molar-refractivity contribution is 5.24. The molecule has 0 amide bonds. The molecule has 0 spiro atoms. The third-order valence-corrected chi connectivity index (χ3v) is 2.84. The first-order chi connectivity index (χ1) is 6.64. The van der Waals surface area contributed by atoms with E-state index in [4.69, 9.17) is 5.26 Å². The summed E-state index contributed by atoms with van der Waals surface area (Å²) in [4.78, 5) is 0. The molecule has 1 aromatic carbocycles. The van der Waals surface area contributed by atoms with E-state index < -0.39 is 5.41 Å². The van der Waals surface area contributed by atoms with E-state index in [-0.39, 0.29) is 12.5 Å². The zero-order chi connectivity index (χ0) is 10.6. The molecule has 0 aromatic heterocycles. The van der Waals surface area contributed by atoms with Crippen LogP contribution in [0.3, 0.4) is 0 Å². The number of hydrogen-bond donors (Lipinski definition) is 1. The molecule has 0 aliphatic heterocycles. The van der Waals surface area contributed by atoms with Crippen LogP contribution in [0.2, 0.25) is 0 Å². The molecule has 0 radical (unpaired) electrons. The number of rotatable bonds is 3. The van der Waals surface area contributed by atoms with Gasteiger partial charge in [0.05, 0.1) is 18.1 Å². The third-order valence-electron chi connectivity index (χ3n) is 2.84. The summed E-state index contributed by atoms with van der Waals surface area (Å²) in [7, 11) is 0. The van der Waals surface area contributed by atoms with Gasteiger partial charge in [0, 0.05) is 5.92 Å². The predicted molar refractivity (Wildman–Crippen MR) is 55.7 cm³/mol. The monoisotopic (exact) mass is 189 g/mol. The molecule has 1 N–H and O–H groups in total. The minimum atomic E-state index is -0.693. The van der Waals surface area contributed by atoms with Crippen molar-refractivity contribution in [3.05, 3.63) is 35.9 Å². The first-order valence-electron chi connectivity index (χ1n) is 4.71. The van der Waals surface area contributed by atoms with E-state index in [1.54, 1.807) is 6.92 Å². The largest absolute Gasteiger partial charge is 0.395 e. The van der Waals surface area contributed by atoms with Gasteiger partial charge in [-0.05, 0) is 12.5 Å². The summed E-state index contributed by atoms with van der Waals surface area (Å²) in [6, 6.07) is 12.0. The molecule has 2 heteroatoms. The number of benzene rings is 1. The molecule has 1 rings (SSSR count). The zero-order valence-corrected chi connectivity index (χ0v) is 8.57. The maximum absolute atomic E-state index is 9.19. The van der Waals surface area contributed by atoms with Gasteiger partial charge < -0.3 is 5.11 Å². The molecule has 2 nitrogen and oxygen atoms in total. The first-order valence-corrected chi connectivity index (χ1v) is 4.71. The van der Waals surface area contributed by atoms with Crippen LogP contribution in [-0.2, 0) is 0 Å². The van der Waals surface area contributed by atoms with E-state index in [0.717, 1.165) is 5.56 Å². The van der Waals surface area contributed by atoms with Crippen molar-refractivity contribution in [3.63, 3.8) is 0 Å². The summed E-state index contributed by atoms with van der Waals surface area (Å²) < 4.78 is 0. The van der Waals surface area contributed by atoms with Gasteiger partial charge in [0.15, 0.2) is 0 Å². The van der Waals surface area contributed by atoms with Gasteiger partial charge in [0.25, 0.3) is 0 Å². The number of aliphatic hydroxyl groups excluding tert-OH is 1. The van der Waals surface area contributed by atoms with Gasteiger partial charge in [-0.2, -0.15) is 5.26 Å². The summed E-state index contributed by atoms with van der Waals surface area (Å²) in [6.07, 6.45) is 0. The number of aliphatic hydroxyl groups is 1. The van der Waals surface area contributed by atoms with Crippen LogP contribution >= 0.6 is 0 Å². The Hall–Kier alpha value is -1.33. The fourth-order valence-corrected chi connectivity index (χ4v) is 1.38. The van der Waals surface area contributed by atoms with Crippen LogP contribution in [0.5, 0.6) is 0 Å². The molecule has 0 aliphatic rings. The lowest BCUT2D eigenvalue weighted by molar-refractivity contribution is 0.168. The van der Waals surface area contributed by atoms with Crippen molar-refractivity contribution in [2.75, 3.05) is 6.61 Å². The van der Waals surface area contributed by atoms with E-state index in [1.807, 2.05) is 37.3 Å². The van der Waals surface area contributed by atoms with Gasteiger partial charge >= 0.3 is 0 Å². The zero-order valence-electron chi connectivity index (χ0n) is 8.57. The summed E-state index contributed by atoms with van der Waals surface area (Å²) in [5, 5.41) is 18.2. The maximum atomic E-state index is 9.19. The van der Waals surface area contributed by atoms with Crippen molar-refractivity contribution in [2.45, 2.75) is 19.8 Å². The Morgan fingerprint density at radius 3 is 2.43 bits per heavy atom. The van der Waals surface area contributed by atoms with E-state index in [0.29, 0.717) is 0 Å². The predicted octanol–water partition coefficient (Wildman–Crippen LogP) is 2.31. The van der Waals surface area contributed by atoms with Crippen LogP contribution in [0.15, 0.2) is 30.3 Å². The minimum Gasteiger partial charge on any atom is -0.395 e. The van der Waals surface area contributed by atoms with Crippen LogP contribution in [0.1, 0.15) is 25.3 Å². The quantitative estimate of drug-likeness (QED) is 0.793. The van der Waals surface area contributed by atoms with E-state index >= 15 is 0 Å². The van der Waals surface area contributed by atoms with Crippen molar-refractivity contribution in [3.8, 4) is 6.07 Å². The van der Waals surface area contributed by atoms with Gasteiger partial charge in [-0.3, -0.25) is 0 Å². The van der Waals surface area contributed by atoms with Crippen LogP contribution in [-0.4, -0.2) is 11.7 Å². The molecule has 0 heterocycles. The van der Waals surface area contributed by atoms with E-state index in [1.165, 1.54) is 0 Å². The molecular weight excluding hydrogens is 174 g/mol. The number of nitrogens with zero attached hydrogens (tertiary/aromatic N) is 1. The second-order valence-electron chi connectivity index (χ2n) is 3.82. The van der Waals surface area contributed by atoms with Crippen LogP contribution in [0.25, 0.3) is 0 Å². The van der Waals surface area contributed by atoms with Gasteiger partial charge in [0.2, 0.25) is 0 Å². The average molecular weight is 189 g/mol. The van der Waals surface area contributed by atoms with Crippen LogP contribution in [0, 0.1) is 16.7 Å². The van der Waals surface area contributed by atoms with E-state index in [2.05, 4.69) is 6.07 Å². The van der Waals surface area contributed by atoms with Crippen LogP contribution in [0.4, 0.5) is 0 Å². The number of hydrogen-bond acceptors (Lipinski definition) is 2. The lowest BCUT2D eigenvalue weighted by Crippen LogP contribution is -2.26. The second kappa shape index (κ2) is 4.26. The third kappa shape index (κ3) is 1.94. The Labute approximate surface area is 84.8 Å². The summed E-state index contributed by atoms with van der Waals surface area (Å²) >= 11 is 0. The van der Waals surface area contributed by atoms with Crippen molar-refractivity contribution < 1.29 is 5.11 Å². The van der Waals surface area contributed by atoms with Gasteiger partial charge in [-0.1, -0.05) is 37.3 Å². The Bertz CT molecular complexity index is 328. The second-order valence-corrected chi connectivity index (χ2v) is 3.82. The van der Waals surface area contributed by atoms with Gasteiger partial charge in [0.1, 0.15) is 0 Å². The maximum Gasteiger partial charge on any atom is 0.0841 e. The molecule has 0 bridgehead atoms. The summed E-state index contributed by atoms with van der Waals surface area (Å²) in [6.45, 7) is 3.64. The highest BCUT2D eigenvalue weighted by atomic mass is 16.3. The fraction of sp³-hybridized carbons (Fsp3) is 0.417. The highest BCUT2D eigenvalue weighted by Crippen LogP contribution is 2.34. The molecule has 74 valence electrons. The Morgan fingerprint density at radius 1 is 1.43 bits per heavy atom. The molecule has 0 saturated heterocycles. The molecule has 14 heavy (non-hydrogen) atoms. The highest BCUT2D eigenvalue weighted by Gasteiger charge is 2.31.